The lowest BCUT2D eigenvalue weighted by Gasteiger charge is -2.38. The Morgan fingerprint density at radius 1 is 1.12 bits per heavy atom. The molecule has 12 heteroatoms. The second-order valence-corrected chi connectivity index (χ2v) is 16.4. The molecule has 1 saturated heterocycles. The third kappa shape index (κ3) is 8.10. The van der Waals surface area contributed by atoms with Crippen molar-refractivity contribution in [3.05, 3.63) is 63.7 Å². The Morgan fingerprint density at radius 2 is 1.76 bits per heavy atom. The van der Waals surface area contributed by atoms with E-state index in [0.717, 1.165) is 18.4 Å². The van der Waals surface area contributed by atoms with Crippen molar-refractivity contribution >= 4 is 37.8 Å². The summed E-state index contributed by atoms with van der Waals surface area (Å²) in [5.41, 5.74) is 1.20. The fraction of sp³-hybridized carbons (Fsp3) is 0.467. The molecule has 1 aliphatic heterocycles. The monoisotopic (exact) mass is 599 g/mol. The fourth-order valence-electron chi connectivity index (χ4n) is 4.27. The van der Waals surface area contributed by atoms with Gasteiger partial charge in [-0.2, -0.15) is 0 Å². The number of hydrogen-bond donors (Lipinski definition) is 1. The number of nitrogens with one attached hydrogen (secondary N) is 1. The Labute approximate surface area is 248 Å². The van der Waals surface area contributed by atoms with Gasteiger partial charge in [0.2, 0.25) is 0 Å². The highest BCUT2D eigenvalue weighted by Crippen LogP contribution is 2.38. The zero-order chi connectivity index (χ0) is 31.1. The van der Waals surface area contributed by atoms with Crippen LogP contribution < -0.4 is 14.8 Å². The maximum absolute atomic E-state index is 13.9. The summed E-state index contributed by atoms with van der Waals surface area (Å²) in [5.74, 6) is 0.464. The number of benzene rings is 2. The standard InChI is InChI=1S/C30H41N3O8Si/c1-30(2,3)42(6,7)41-20-23-11-8-16-32(23)28(34)24-18-26(38-4)27(39-5)19-25(24)31-29(35)40-17-9-10-21-12-14-22(15-13-21)33(36)37/h9-10,12-15,18-19,23H,8,11,16-17,20H2,1-7H3,(H,31,35)/t23-/m0/s1. The van der Waals surface area contributed by atoms with Crippen molar-refractivity contribution in [3.63, 3.8) is 0 Å². The lowest BCUT2D eigenvalue weighted by atomic mass is 10.1. The maximum atomic E-state index is 13.9. The minimum Gasteiger partial charge on any atom is -0.493 e. The number of nitro groups is 1. The number of nitrogens with zero attached hydrogens (tertiary/aromatic N) is 2. The van der Waals surface area contributed by atoms with Crippen LogP contribution in [0.1, 0.15) is 49.5 Å². The van der Waals surface area contributed by atoms with Gasteiger partial charge in [-0.05, 0) is 60.8 Å². The van der Waals surface area contributed by atoms with Crippen molar-refractivity contribution < 1.29 is 33.1 Å². The van der Waals surface area contributed by atoms with Crippen LogP contribution in [0.5, 0.6) is 11.5 Å². The number of rotatable bonds is 11. The molecule has 0 radical (unpaired) electrons. The summed E-state index contributed by atoms with van der Waals surface area (Å²) in [7, 11) is 0.952. The van der Waals surface area contributed by atoms with Gasteiger partial charge in [-0.15, -0.1) is 0 Å². The molecule has 0 aromatic heterocycles. The van der Waals surface area contributed by atoms with E-state index in [1.807, 2.05) is 0 Å². The molecule has 1 N–H and O–H groups in total. The van der Waals surface area contributed by atoms with Crippen LogP contribution in [-0.4, -0.2) is 70.2 Å². The van der Waals surface area contributed by atoms with Gasteiger partial charge < -0.3 is 23.5 Å². The Bertz CT molecular complexity index is 1300. The van der Waals surface area contributed by atoms with Crippen LogP contribution in [0.3, 0.4) is 0 Å². The summed E-state index contributed by atoms with van der Waals surface area (Å²) in [6.07, 6.45) is 4.22. The highest BCUT2D eigenvalue weighted by atomic mass is 28.4. The predicted molar refractivity (Wildman–Crippen MR) is 164 cm³/mol. The molecule has 11 nitrogen and oxygen atoms in total. The second-order valence-electron chi connectivity index (χ2n) is 11.6. The third-order valence-electron chi connectivity index (χ3n) is 7.80. The number of hydrogen-bond acceptors (Lipinski definition) is 8. The molecule has 1 aliphatic rings. The van der Waals surface area contributed by atoms with Gasteiger partial charge in [-0.1, -0.05) is 26.8 Å². The van der Waals surface area contributed by atoms with Gasteiger partial charge in [0, 0.05) is 24.7 Å². The van der Waals surface area contributed by atoms with Crippen LogP contribution in [0.4, 0.5) is 16.2 Å². The highest BCUT2D eigenvalue weighted by molar-refractivity contribution is 6.74. The minimum absolute atomic E-state index is 0.00794. The molecule has 0 aliphatic carbocycles. The first-order valence-corrected chi connectivity index (χ1v) is 16.7. The van der Waals surface area contributed by atoms with Gasteiger partial charge in [0.25, 0.3) is 11.6 Å². The van der Waals surface area contributed by atoms with Crippen molar-refractivity contribution in [2.45, 2.75) is 57.8 Å². The Kier molecular flexibility index (Phi) is 10.7. The molecule has 2 aromatic carbocycles. The summed E-state index contributed by atoms with van der Waals surface area (Å²) < 4.78 is 22.6. The largest absolute Gasteiger partial charge is 0.493 e. The average molecular weight is 600 g/mol. The first kappa shape index (κ1) is 32.6. The molecule has 0 saturated carbocycles. The van der Waals surface area contributed by atoms with Crippen LogP contribution in [-0.2, 0) is 9.16 Å². The zero-order valence-corrected chi connectivity index (χ0v) is 26.4. The van der Waals surface area contributed by atoms with Gasteiger partial charge in [0.1, 0.15) is 6.61 Å². The summed E-state index contributed by atoms with van der Waals surface area (Å²) in [4.78, 5) is 38.7. The van der Waals surface area contributed by atoms with Gasteiger partial charge >= 0.3 is 6.09 Å². The van der Waals surface area contributed by atoms with Gasteiger partial charge in [-0.25, -0.2) is 4.79 Å². The first-order valence-electron chi connectivity index (χ1n) is 13.8. The predicted octanol–water partition coefficient (Wildman–Crippen LogP) is 6.50. The molecule has 3 rings (SSSR count). The van der Waals surface area contributed by atoms with Crippen molar-refractivity contribution in [3.8, 4) is 11.5 Å². The van der Waals surface area contributed by atoms with Crippen LogP contribution >= 0.6 is 0 Å². The Balaban J connectivity index is 1.73. The van der Waals surface area contributed by atoms with Crippen molar-refractivity contribution in [1.82, 2.24) is 4.90 Å². The summed E-state index contributed by atoms with van der Waals surface area (Å²) in [5, 5.41) is 13.5. The average Bonchev–Trinajstić information content (AvgIpc) is 3.42. The molecule has 2 amide bonds. The SMILES string of the molecule is COc1cc(NC(=O)OCC=Cc2ccc([N+](=O)[O-])cc2)c(C(=O)N2CCC[C@H]2CO[Si](C)(C)C(C)(C)C)cc1OC. The lowest BCUT2D eigenvalue weighted by Crippen LogP contribution is -2.46. The van der Waals surface area contributed by atoms with E-state index in [-0.39, 0.29) is 40.5 Å². The maximum Gasteiger partial charge on any atom is 0.411 e. The normalized spacial score (nSPS) is 15.5. The van der Waals surface area contributed by atoms with E-state index in [1.54, 1.807) is 35.3 Å². The highest BCUT2D eigenvalue weighted by Gasteiger charge is 2.39. The van der Waals surface area contributed by atoms with Crippen LogP contribution in [0.25, 0.3) is 6.08 Å². The molecule has 1 heterocycles. The number of non-ortho nitro benzene ring substituents is 1. The van der Waals surface area contributed by atoms with Crippen LogP contribution in [0.15, 0.2) is 42.5 Å². The van der Waals surface area contributed by atoms with Gasteiger partial charge in [0.15, 0.2) is 19.8 Å². The van der Waals surface area contributed by atoms with E-state index in [4.69, 9.17) is 18.6 Å². The third-order valence-corrected chi connectivity index (χ3v) is 12.3. The first-order chi connectivity index (χ1) is 19.8. The van der Waals surface area contributed by atoms with E-state index >= 15 is 0 Å². The van der Waals surface area contributed by atoms with E-state index in [9.17, 15) is 19.7 Å². The molecule has 228 valence electrons. The Morgan fingerprint density at radius 3 is 2.36 bits per heavy atom. The fourth-order valence-corrected chi connectivity index (χ4v) is 5.31. The van der Waals surface area contributed by atoms with Gasteiger partial charge in [0.05, 0.1) is 43.0 Å². The molecule has 0 spiro atoms. The smallest absolute Gasteiger partial charge is 0.411 e. The van der Waals surface area contributed by atoms with E-state index in [0.29, 0.717) is 24.7 Å². The van der Waals surface area contributed by atoms with E-state index in [2.05, 4.69) is 39.2 Å². The number of anilines is 1. The van der Waals surface area contributed by atoms with E-state index < -0.39 is 19.3 Å². The van der Waals surface area contributed by atoms with Crippen molar-refractivity contribution in [2.24, 2.45) is 0 Å². The van der Waals surface area contributed by atoms with Crippen LogP contribution in [0.2, 0.25) is 18.1 Å². The molecule has 1 atom stereocenters. The molecule has 1 fully saturated rings. The molecule has 0 unspecified atom stereocenters. The summed E-state index contributed by atoms with van der Waals surface area (Å²) in [6.45, 7) is 11.9. The van der Waals surface area contributed by atoms with E-state index in [1.165, 1.54) is 32.4 Å². The number of carbonyl (C=O) groups excluding carboxylic acids is 2. The summed E-state index contributed by atoms with van der Waals surface area (Å²) >= 11 is 0. The number of likely N-dealkylation sites (tertiary alicyclic amines) is 1. The number of ether oxygens (including phenoxy) is 3. The molecular formula is C30H41N3O8Si. The Hall–Kier alpha value is -3.90. The molecular weight excluding hydrogens is 558 g/mol. The topological polar surface area (TPSA) is 129 Å². The van der Waals surface area contributed by atoms with Crippen molar-refractivity contribution in [1.29, 1.82) is 0 Å². The number of nitro benzene ring substituents is 1. The number of carbonyl (C=O) groups is 2. The van der Waals surface area contributed by atoms with Crippen molar-refractivity contribution in [2.75, 3.05) is 39.3 Å². The number of methoxy groups -OCH3 is 2. The van der Waals surface area contributed by atoms with Gasteiger partial charge in [-0.3, -0.25) is 20.2 Å². The molecule has 0 bridgehead atoms. The summed E-state index contributed by atoms with van der Waals surface area (Å²) in [6, 6.07) is 9.01. The second kappa shape index (κ2) is 13.8. The zero-order valence-electron chi connectivity index (χ0n) is 25.4. The van der Waals surface area contributed by atoms with Crippen LogP contribution in [0, 0.1) is 10.1 Å². The molecule has 2 aromatic rings. The molecule has 42 heavy (non-hydrogen) atoms. The lowest BCUT2D eigenvalue weighted by molar-refractivity contribution is -0.384. The number of amides is 2. The minimum atomic E-state index is -2.00. The quantitative estimate of drug-likeness (QED) is 0.176.